The smallest absolute Gasteiger partial charge is 0.224 e. The van der Waals surface area contributed by atoms with Crippen molar-refractivity contribution in [3.05, 3.63) is 29.8 Å². The van der Waals surface area contributed by atoms with Gasteiger partial charge in [-0.2, -0.15) is 0 Å². The normalized spacial score (nSPS) is 24.1. The first-order valence-corrected chi connectivity index (χ1v) is 9.86. The van der Waals surface area contributed by atoms with Crippen LogP contribution in [0.25, 0.3) is 0 Å². The van der Waals surface area contributed by atoms with Crippen molar-refractivity contribution >= 4 is 11.6 Å². The molecule has 0 unspecified atom stereocenters. The summed E-state index contributed by atoms with van der Waals surface area (Å²) in [6, 6.07) is 8.83. The Morgan fingerprint density at radius 1 is 1.12 bits per heavy atom. The minimum atomic E-state index is 0.0650. The van der Waals surface area contributed by atoms with Crippen LogP contribution in [0.4, 0.5) is 5.69 Å². The van der Waals surface area contributed by atoms with Gasteiger partial charge >= 0.3 is 0 Å². The van der Waals surface area contributed by atoms with Crippen molar-refractivity contribution in [3.8, 4) is 0 Å². The molecule has 2 aliphatic heterocycles. The topological polar surface area (TPSA) is 35.6 Å². The van der Waals surface area contributed by atoms with E-state index in [0.29, 0.717) is 0 Å². The maximum Gasteiger partial charge on any atom is 0.224 e. The molecule has 2 fully saturated rings. The summed E-state index contributed by atoms with van der Waals surface area (Å²) < 4.78 is 0. The zero-order chi connectivity index (χ0) is 17.8. The van der Waals surface area contributed by atoms with Gasteiger partial charge in [0, 0.05) is 25.3 Å². The van der Waals surface area contributed by atoms with Crippen molar-refractivity contribution in [2.45, 2.75) is 45.6 Å². The van der Waals surface area contributed by atoms with Crippen LogP contribution in [0.3, 0.4) is 0 Å². The Kier molecular flexibility index (Phi) is 6.00. The molecule has 1 amide bonds. The van der Waals surface area contributed by atoms with E-state index in [9.17, 15) is 4.79 Å². The Labute approximate surface area is 152 Å². The molecule has 4 heteroatoms. The van der Waals surface area contributed by atoms with Crippen LogP contribution in [-0.4, -0.2) is 44.0 Å². The monoisotopic (exact) mass is 343 g/mol. The van der Waals surface area contributed by atoms with E-state index in [1.165, 1.54) is 24.1 Å². The molecule has 0 spiro atoms. The maximum atomic E-state index is 12.5. The van der Waals surface area contributed by atoms with E-state index in [0.717, 1.165) is 44.9 Å². The second kappa shape index (κ2) is 8.22. The van der Waals surface area contributed by atoms with Crippen LogP contribution in [0.5, 0.6) is 0 Å². The highest BCUT2D eigenvalue weighted by Gasteiger charge is 2.25. The number of hydrogen-bond acceptors (Lipinski definition) is 3. The molecule has 3 rings (SSSR count). The third-order valence-corrected chi connectivity index (χ3v) is 5.90. The van der Waals surface area contributed by atoms with Crippen molar-refractivity contribution in [1.82, 2.24) is 10.2 Å². The third-order valence-electron chi connectivity index (χ3n) is 5.90. The average Bonchev–Trinajstić information content (AvgIpc) is 2.62. The number of piperidine rings is 2. The largest absolute Gasteiger partial charge is 0.372 e. The molecule has 138 valence electrons. The van der Waals surface area contributed by atoms with Crippen LogP contribution in [0.1, 0.15) is 51.1 Å². The van der Waals surface area contributed by atoms with E-state index in [-0.39, 0.29) is 17.9 Å². The fraction of sp³-hybridized carbons (Fsp3) is 0.667. The summed E-state index contributed by atoms with van der Waals surface area (Å²) in [7, 11) is 2.10. The Morgan fingerprint density at radius 2 is 1.80 bits per heavy atom. The second-order valence-corrected chi connectivity index (χ2v) is 8.09. The van der Waals surface area contributed by atoms with Gasteiger partial charge in [0.25, 0.3) is 0 Å². The first kappa shape index (κ1) is 18.2. The summed E-state index contributed by atoms with van der Waals surface area (Å²) in [5.74, 6) is 1.19. The Balaban J connectivity index is 1.55. The number of likely N-dealkylation sites (tertiary alicyclic amines) is 1. The summed E-state index contributed by atoms with van der Waals surface area (Å²) in [5.41, 5.74) is 2.50. The molecule has 2 atom stereocenters. The molecule has 2 heterocycles. The molecule has 0 aliphatic carbocycles. The highest BCUT2D eigenvalue weighted by molar-refractivity contribution is 5.79. The van der Waals surface area contributed by atoms with Gasteiger partial charge in [0.2, 0.25) is 5.91 Å². The molecule has 2 aliphatic rings. The zero-order valence-corrected chi connectivity index (χ0v) is 16.0. The molecular weight excluding hydrogens is 310 g/mol. The van der Waals surface area contributed by atoms with Gasteiger partial charge in [0.05, 0.1) is 12.0 Å². The highest BCUT2D eigenvalue weighted by atomic mass is 16.2. The number of carbonyl (C=O) groups is 1. The Morgan fingerprint density at radius 3 is 2.44 bits per heavy atom. The van der Waals surface area contributed by atoms with E-state index < -0.39 is 0 Å². The van der Waals surface area contributed by atoms with Gasteiger partial charge in [-0.15, -0.1) is 0 Å². The predicted octanol–water partition coefficient (Wildman–Crippen LogP) is 3.44. The first-order chi connectivity index (χ1) is 12.0. The number of hydrogen-bond donors (Lipinski definition) is 1. The van der Waals surface area contributed by atoms with Gasteiger partial charge in [0.1, 0.15) is 0 Å². The van der Waals surface area contributed by atoms with Gasteiger partial charge in [0.15, 0.2) is 0 Å². The van der Waals surface area contributed by atoms with Gasteiger partial charge in [-0.05, 0) is 69.8 Å². The van der Waals surface area contributed by atoms with E-state index >= 15 is 0 Å². The highest BCUT2D eigenvalue weighted by Crippen LogP contribution is 2.25. The van der Waals surface area contributed by atoms with E-state index in [2.05, 4.69) is 60.3 Å². The summed E-state index contributed by atoms with van der Waals surface area (Å²) in [6.45, 7) is 8.72. The fourth-order valence-corrected chi connectivity index (χ4v) is 4.04. The SMILES string of the molecule is CC1CCN(c2ccc([C@@H](C)NC(=O)[C@@H]3CCCN(C)C3)cc2)CC1. The van der Waals surface area contributed by atoms with Crippen molar-refractivity contribution < 1.29 is 4.79 Å². The second-order valence-electron chi connectivity index (χ2n) is 8.09. The molecule has 0 bridgehead atoms. The molecule has 1 aromatic rings. The lowest BCUT2D eigenvalue weighted by atomic mass is 9.96. The summed E-state index contributed by atoms with van der Waals surface area (Å²) in [6.07, 6.45) is 4.69. The maximum absolute atomic E-state index is 12.5. The van der Waals surface area contributed by atoms with Gasteiger partial charge in [-0.25, -0.2) is 0 Å². The van der Waals surface area contributed by atoms with Crippen LogP contribution < -0.4 is 10.2 Å². The standard InChI is InChI=1S/C21H33N3O/c1-16-10-13-24(14-11-16)20-8-6-18(7-9-20)17(2)22-21(25)19-5-4-12-23(3)15-19/h6-9,16-17,19H,4-5,10-15H2,1-3H3,(H,22,25)/t17-,19-/m1/s1. The van der Waals surface area contributed by atoms with Crippen molar-refractivity contribution in [2.24, 2.45) is 11.8 Å². The summed E-state index contributed by atoms with van der Waals surface area (Å²) in [5, 5.41) is 3.21. The van der Waals surface area contributed by atoms with Crippen molar-refractivity contribution in [1.29, 1.82) is 0 Å². The lowest BCUT2D eigenvalue weighted by Gasteiger charge is -2.32. The summed E-state index contributed by atoms with van der Waals surface area (Å²) >= 11 is 0. The number of nitrogens with one attached hydrogen (secondary N) is 1. The summed E-state index contributed by atoms with van der Waals surface area (Å²) in [4.78, 5) is 17.3. The Bertz CT molecular complexity index is 563. The number of nitrogens with zero attached hydrogens (tertiary/aromatic N) is 2. The molecule has 2 saturated heterocycles. The quantitative estimate of drug-likeness (QED) is 0.910. The molecule has 4 nitrogen and oxygen atoms in total. The molecule has 25 heavy (non-hydrogen) atoms. The molecular formula is C21H33N3O. The molecule has 0 radical (unpaired) electrons. The first-order valence-electron chi connectivity index (χ1n) is 9.86. The minimum absolute atomic E-state index is 0.0650. The number of rotatable bonds is 4. The number of benzene rings is 1. The van der Waals surface area contributed by atoms with E-state index in [4.69, 9.17) is 0 Å². The minimum Gasteiger partial charge on any atom is -0.372 e. The van der Waals surface area contributed by atoms with Crippen LogP contribution in [-0.2, 0) is 4.79 Å². The van der Waals surface area contributed by atoms with E-state index in [1.807, 2.05) is 0 Å². The third kappa shape index (κ3) is 4.75. The van der Waals surface area contributed by atoms with E-state index in [1.54, 1.807) is 0 Å². The van der Waals surface area contributed by atoms with Crippen molar-refractivity contribution in [3.63, 3.8) is 0 Å². The lowest BCUT2D eigenvalue weighted by Crippen LogP contribution is -2.42. The average molecular weight is 344 g/mol. The predicted molar refractivity (Wildman–Crippen MR) is 104 cm³/mol. The molecule has 1 aromatic carbocycles. The number of carbonyl (C=O) groups excluding carboxylic acids is 1. The van der Waals surface area contributed by atoms with Gasteiger partial charge in [-0.1, -0.05) is 19.1 Å². The van der Waals surface area contributed by atoms with Crippen molar-refractivity contribution in [2.75, 3.05) is 38.1 Å². The fourth-order valence-electron chi connectivity index (χ4n) is 4.04. The number of anilines is 1. The molecule has 0 saturated carbocycles. The van der Waals surface area contributed by atoms with Crippen LogP contribution in [0, 0.1) is 11.8 Å². The van der Waals surface area contributed by atoms with Crippen LogP contribution in [0.15, 0.2) is 24.3 Å². The zero-order valence-electron chi connectivity index (χ0n) is 16.0. The van der Waals surface area contributed by atoms with Gasteiger partial charge in [-0.3, -0.25) is 4.79 Å². The van der Waals surface area contributed by atoms with Crippen LogP contribution in [0.2, 0.25) is 0 Å². The molecule has 1 N–H and O–H groups in total. The Hall–Kier alpha value is -1.55. The van der Waals surface area contributed by atoms with Gasteiger partial charge < -0.3 is 15.1 Å². The molecule has 0 aromatic heterocycles. The van der Waals surface area contributed by atoms with Crippen LogP contribution >= 0.6 is 0 Å². The number of amides is 1. The lowest BCUT2D eigenvalue weighted by molar-refractivity contribution is -0.127.